The van der Waals surface area contributed by atoms with Crippen LogP contribution in [0.3, 0.4) is 0 Å². The SMILES string of the molecule is Cc1nnc(C2CN(C(=O)COCCc3ccccc3)CCO2)o1. The molecule has 1 aromatic heterocycles. The molecular formula is C17H21N3O4. The normalized spacial score (nSPS) is 17.9. The average molecular weight is 331 g/mol. The van der Waals surface area contributed by atoms with E-state index >= 15 is 0 Å². The van der Waals surface area contributed by atoms with E-state index in [-0.39, 0.29) is 18.6 Å². The monoisotopic (exact) mass is 331 g/mol. The summed E-state index contributed by atoms with van der Waals surface area (Å²) in [7, 11) is 0. The molecule has 1 aliphatic rings. The van der Waals surface area contributed by atoms with Crippen LogP contribution < -0.4 is 0 Å². The van der Waals surface area contributed by atoms with Crippen LogP contribution in [-0.2, 0) is 20.7 Å². The highest BCUT2D eigenvalue weighted by Crippen LogP contribution is 2.21. The summed E-state index contributed by atoms with van der Waals surface area (Å²) in [6.07, 6.45) is 0.425. The van der Waals surface area contributed by atoms with Crippen molar-refractivity contribution < 1.29 is 18.7 Å². The van der Waals surface area contributed by atoms with Gasteiger partial charge in [0.2, 0.25) is 17.7 Å². The number of ether oxygens (including phenoxy) is 2. The van der Waals surface area contributed by atoms with Crippen LogP contribution in [0, 0.1) is 6.92 Å². The van der Waals surface area contributed by atoms with Crippen molar-refractivity contribution in [2.45, 2.75) is 19.4 Å². The van der Waals surface area contributed by atoms with E-state index in [4.69, 9.17) is 13.9 Å². The van der Waals surface area contributed by atoms with Gasteiger partial charge in [0.05, 0.1) is 19.8 Å². The Morgan fingerprint density at radius 1 is 1.33 bits per heavy atom. The zero-order valence-electron chi connectivity index (χ0n) is 13.7. The fourth-order valence-corrected chi connectivity index (χ4v) is 2.55. The zero-order chi connectivity index (χ0) is 16.8. The van der Waals surface area contributed by atoms with E-state index in [1.165, 1.54) is 5.56 Å². The predicted molar refractivity (Wildman–Crippen MR) is 85.3 cm³/mol. The van der Waals surface area contributed by atoms with Crippen molar-refractivity contribution in [2.24, 2.45) is 0 Å². The highest BCUT2D eigenvalue weighted by Gasteiger charge is 2.28. The lowest BCUT2D eigenvalue weighted by Crippen LogP contribution is -2.44. The highest BCUT2D eigenvalue weighted by molar-refractivity contribution is 5.77. The van der Waals surface area contributed by atoms with Gasteiger partial charge in [-0.2, -0.15) is 0 Å². The fourth-order valence-electron chi connectivity index (χ4n) is 2.55. The quantitative estimate of drug-likeness (QED) is 0.747. The topological polar surface area (TPSA) is 77.7 Å². The maximum atomic E-state index is 12.3. The summed E-state index contributed by atoms with van der Waals surface area (Å²) in [5.41, 5.74) is 1.20. The molecule has 0 aliphatic carbocycles. The Kier molecular flexibility index (Phi) is 5.55. The van der Waals surface area contributed by atoms with Gasteiger partial charge in [-0.05, 0) is 12.0 Å². The molecule has 3 rings (SSSR count). The van der Waals surface area contributed by atoms with Crippen LogP contribution in [0.4, 0.5) is 0 Å². The van der Waals surface area contributed by atoms with Crippen LogP contribution in [0.1, 0.15) is 23.4 Å². The Morgan fingerprint density at radius 3 is 2.92 bits per heavy atom. The molecule has 0 spiro atoms. The molecule has 1 atom stereocenters. The van der Waals surface area contributed by atoms with Gasteiger partial charge >= 0.3 is 0 Å². The third-order valence-corrected chi connectivity index (χ3v) is 3.84. The third-order valence-electron chi connectivity index (χ3n) is 3.84. The fraction of sp³-hybridized carbons (Fsp3) is 0.471. The van der Waals surface area contributed by atoms with Crippen LogP contribution in [-0.4, -0.2) is 53.9 Å². The van der Waals surface area contributed by atoms with E-state index in [0.29, 0.717) is 38.1 Å². The number of hydrogen-bond donors (Lipinski definition) is 0. The van der Waals surface area contributed by atoms with Gasteiger partial charge in [0.25, 0.3) is 0 Å². The van der Waals surface area contributed by atoms with Crippen LogP contribution >= 0.6 is 0 Å². The molecule has 24 heavy (non-hydrogen) atoms. The molecule has 1 saturated heterocycles. The number of amides is 1. The van der Waals surface area contributed by atoms with Crippen LogP contribution in [0.5, 0.6) is 0 Å². The lowest BCUT2D eigenvalue weighted by Gasteiger charge is -2.31. The minimum atomic E-state index is -0.367. The zero-order valence-corrected chi connectivity index (χ0v) is 13.7. The standard InChI is InChI=1S/C17H21N3O4/c1-13-18-19-17(24-13)15-11-20(8-10-23-15)16(21)12-22-9-7-14-5-3-2-4-6-14/h2-6,15H,7-12H2,1H3. The highest BCUT2D eigenvalue weighted by atomic mass is 16.5. The number of rotatable bonds is 6. The minimum Gasteiger partial charge on any atom is -0.423 e. The second-order valence-corrected chi connectivity index (χ2v) is 5.65. The molecule has 128 valence electrons. The second kappa shape index (κ2) is 8.03. The summed E-state index contributed by atoms with van der Waals surface area (Å²) >= 11 is 0. The molecule has 2 heterocycles. The van der Waals surface area contributed by atoms with Crippen molar-refractivity contribution >= 4 is 5.91 Å². The molecular weight excluding hydrogens is 310 g/mol. The van der Waals surface area contributed by atoms with Gasteiger partial charge in [0, 0.05) is 13.5 Å². The summed E-state index contributed by atoms with van der Waals surface area (Å²) in [5.74, 6) is 0.851. The van der Waals surface area contributed by atoms with Crippen molar-refractivity contribution in [3.8, 4) is 0 Å². The van der Waals surface area contributed by atoms with E-state index in [1.807, 2.05) is 30.3 Å². The Balaban J connectivity index is 1.43. The first-order valence-electron chi connectivity index (χ1n) is 8.03. The number of carbonyl (C=O) groups is 1. The van der Waals surface area contributed by atoms with Crippen molar-refractivity contribution in [3.63, 3.8) is 0 Å². The number of aromatic nitrogens is 2. The van der Waals surface area contributed by atoms with Crippen LogP contribution in [0.15, 0.2) is 34.7 Å². The van der Waals surface area contributed by atoms with Crippen molar-refractivity contribution in [1.82, 2.24) is 15.1 Å². The summed E-state index contributed by atoms with van der Waals surface area (Å²) < 4.78 is 16.5. The maximum Gasteiger partial charge on any atom is 0.248 e. The van der Waals surface area contributed by atoms with E-state index in [1.54, 1.807) is 11.8 Å². The summed E-state index contributed by atoms with van der Waals surface area (Å²) in [6, 6.07) is 10.1. The Labute approximate surface area is 140 Å². The molecule has 0 bridgehead atoms. The number of nitrogens with zero attached hydrogens (tertiary/aromatic N) is 3. The number of benzene rings is 1. The molecule has 1 unspecified atom stereocenters. The van der Waals surface area contributed by atoms with Crippen molar-refractivity contribution in [1.29, 1.82) is 0 Å². The number of hydrogen-bond acceptors (Lipinski definition) is 6. The molecule has 0 radical (unpaired) electrons. The minimum absolute atomic E-state index is 0.0485. The molecule has 0 saturated carbocycles. The molecule has 2 aromatic rings. The van der Waals surface area contributed by atoms with E-state index in [9.17, 15) is 4.79 Å². The van der Waals surface area contributed by atoms with Crippen molar-refractivity contribution in [2.75, 3.05) is 32.9 Å². The largest absolute Gasteiger partial charge is 0.423 e. The number of aryl methyl sites for hydroxylation is 1. The second-order valence-electron chi connectivity index (χ2n) is 5.65. The van der Waals surface area contributed by atoms with Gasteiger partial charge in [-0.3, -0.25) is 4.79 Å². The first kappa shape index (κ1) is 16.6. The summed E-state index contributed by atoms with van der Waals surface area (Å²) in [4.78, 5) is 14.0. The maximum absolute atomic E-state index is 12.3. The van der Waals surface area contributed by atoms with Crippen molar-refractivity contribution in [3.05, 3.63) is 47.7 Å². The van der Waals surface area contributed by atoms with Crippen LogP contribution in [0.2, 0.25) is 0 Å². The first-order valence-corrected chi connectivity index (χ1v) is 8.03. The van der Waals surface area contributed by atoms with Crippen LogP contribution in [0.25, 0.3) is 0 Å². The third kappa shape index (κ3) is 4.39. The van der Waals surface area contributed by atoms with Gasteiger partial charge in [-0.1, -0.05) is 30.3 Å². The lowest BCUT2D eigenvalue weighted by molar-refractivity contribution is -0.144. The number of carbonyl (C=O) groups excluding carboxylic acids is 1. The Hall–Kier alpha value is -2.25. The lowest BCUT2D eigenvalue weighted by atomic mass is 10.2. The van der Waals surface area contributed by atoms with E-state index in [0.717, 1.165) is 6.42 Å². The molecule has 1 amide bonds. The molecule has 7 heteroatoms. The van der Waals surface area contributed by atoms with Gasteiger partial charge in [0.1, 0.15) is 6.61 Å². The smallest absolute Gasteiger partial charge is 0.248 e. The Morgan fingerprint density at radius 2 is 2.17 bits per heavy atom. The van der Waals surface area contributed by atoms with Gasteiger partial charge in [-0.25, -0.2) is 0 Å². The molecule has 7 nitrogen and oxygen atoms in total. The van der Waals surface area contributed by atoms with Gasteiger partial charge in [-0.15, -0.1) is 10.2 Å². The van der Waals surface area contributed by atoms with E-state index in [2.05, 4.69) is 10.2 Å². The van der Waals surface area contributed by atoms with Gasteiger partial charge < -0.3 is 18.8 Å². The molecule has 1 aromatic carbocycles. The molecule has 0 N–H and O–H groups in total. The molecule has 1 aliphatic heterocycles. The summed E-state index contributed by atoms with van der Waals surface area (Å²) in [6.45, 7) is 3.71. The van der Waals surface area contributed by atoms with E-state index < -0.39 is 0 Å². The number of morpholine rings is 1. The molecule has 1 fully saturated rings. The average Bonchev–Trinajstić information content (AvgIpc) is 3.06. The summed E-state index contributed by atoms with van der Waals surface area (Å²) in [5, 5.41) is 7.76. The predicted octanol–water partition coefficient (Wildman–Crippen LogP) is 1.54. The van der Waals surface area contributed by atoms with Gasteiger partial charge in [0.15, 0.2) is 6.10 Å². The first-order chi connectivity index (χ1) is 11.7. The Bertz CT molecular complexity index is 659.